The topological polar surface area (TPSA) is 111 Å². The van der Waals surface area contributed by atoms with Crippen LogP contribution in [-0.4, -0.2) is 56.3 Å². The molecule has 0 spiro atoms. The molecule has 0 amide bonds. The van der Waals surface area contributed by atoms with E-state index >= 15 is 0 Å². The summed E-state index contributed by atoms with van der Waals surface area (Å²) < 4.78 is 35.1. The van der Waals surface area contributed by atoms with Crippen molar-refractivity contribution in [2.75, 3.05) is 42.8 Å². The molecule has 2 aliphatic heterocycles. The van der Waals surface area contributed by atoms with Gasteiger partial charge in [-0.3, -0.25) is 4.72 Å². The number of rotatable bonds is 8. The van der Waals surface area contributed by atoms with Crippen LogP contribution in [0.15, 0.2) is 41.3 Å². The Morgan fingerprint density at radius 1 is 1.18 bits per heavy atom. The Kier molecular flexibility index (Phi) is 5.98. The van der Waals surface area contributed by atoms with Crippen LogP contribution in [0.25, 0.3) is 0 Å². The maximum Gasteiger partial charge on any atom is 0.263 e. The highest BCUT2D eigenvalue weighted by Crippen LogP contribution is 2.56. The predicted molar refractivity (Wildman–Crippen MR) is 126 cm³/mol. The molecule has 2 fully saturated rings. The third kappa shape index (κ3) is 4.42. The van der Waals surface area contributed by atoms with E-state index in [4.69, 9.17) is 4.74 Å². The minimum atomic E-state index is -3.99. The van der Waals surface area contributed by atoms with Crippen molar-refractivity contribution in [1.82, 2.24) is 4.90 Å². The molecule has 178 valence electrons. The van der Waals surface area contributed by atoms with E-state index in [-0.39, 0.29) is 16.1 Å². The zero-order valence-corrected chi connectivity index (χ0v) is 19.5. The van der Waals surface area contributed by atoms with Gasteiger partial charge in [-0.15, -0.1) is 0 Å². The summed E-state index contributed by atoms with van der Waals surface area (Å²) in [7, 11) is -3.99. The van der Waals surface area contributed by atoms with Gasteiger partial charge in [0.25, 0.3) is 10.0 Å². The molecular formula is C24H31N3O5S. The summed E-state index contributed by atoms with van der Waals surface area (Å²) in [6.07, 6.45) is 0.239. The SMILES string of the molecule is CCN1CCC(CNc2ccccc2S(=O)(=O)Nc2ccc3c(c2C(O)O)OCC2CC32)C1. The third-order valence-corrected chi connectivity index (χ3v) is 8.49. The lowest BCUT2D eigenvalue weighted by Crippen LogP contribution is -2.23. The number of hydrogen-bond donors (Lipinski definition) is 4. The number of benzene rings is 2. The van der Waals surface area contributed by atoms with E-state index in [1.807, 2.05) is 6.07 Å². The van der Waals surface area contributed by atoms with Crippen molar-refractivity contribution >= 4 is 21.4 Å². The Bertz CT molecular complexity index is 1140. The van der Waals surface area contributed by atoms with Gasteiger partial charge in [0.05, 0.1) is 23.5 Å². The fourth-order valence-corrected chi connectivity index (χ4v) is 6.35. The van der Waals surface area contributed by atoms with Gasteiger partial charge in [0, 0.05) is 19.0 Å². The van der Waals surface area contributed by atoms with Gasteiger partial charge in [-0.1, -0.05) is 25.1 Å². The van der Waals surface area contributed by atoms with E-state index < -0.39 is 16.3 Å². The van der Waals surface area contributed by atoms with Gasteiger partial charge in [-0.25, -0.2) is 8.42 Å². The van der Waals surface area contributed by atoms with Crippen LogP contribution in [0.4, 0.5) is 11.4 Å². The molecule has 1 aliphatic carbocycles. The fraction of sp³-hybridized carbons (Fsp3) is 0.500. The maximum atomic E-state index is 13.4. The number of hydrogen-bond acceptors (Lipinski definition) is 7. The normalized spacial score (nSPS) is 24.2. The molecule has 4 N–H and O–H groups in total. The second kappa shape index (κ2) is 8.79. The quantitative estimate of drug-likeness (QED) is 0.436. The van der Waals surface area contributed by atoms with E-state index in [1.165, 1.54) is 0 Å². The molecule has 8 nitrogen and oxygen atoms in total. The minimum absolute atomic E-state index is 0.0671. The van der Waals surface area contributed by atoms with E-state index in [0.29, 0.717) is 42.3 Å². The molecule has 9 heteroatoms. The van der Waals surface area contributed by atoms with E-state index in [2.05, 4.69) is 21.9 Å². The monoisotopic (exact) mass is 473 g/mol. The number of anilines is 2. The summed E-state index contributed by atoms with van der Waals surface area (Å²) in [4.78, 5) is 2.51. The van der Waals surface area contributed by atoms with Crippen LogP contribution in [0, 0.1) is 11.8 Å². The molecule has 2 aromatic rings. The van der Waals surface area contributed by atoms with Crippen molar-refractivity contribution in [2.24, 2.45) is 11.8 Å². The summed E-state index contributed by atoms with van der Waals surface area (Å²) in [5.41, 5.74) is 1.63. The highest BCUT2D eigenvalue weighted by Gasteiger charge is 2.45. The first-order valence-electron chi connectivity index (χ1n) is 11.6. The summed E-state index contributed by atoms with van der Waals surface area (Å²) in [5, 5.41) is 23.4. The molecule has 1 saturated carbocycles. The summed E-state index contributed by atoms with van der Waals surface area (Å²) in [5.74, 6) is 1.66. The van der Waals surface area contributed by atoms with Crippen molar-refractivity contribution in [1.29, 1.82) is 0 Å². The van der Waals surface area contributed by atoms with Crippen molar-refractivity contribution in [3.05, 3.63) is 47.5 Å². The van der Waals surface area contributed by atoms with Crippen LogP contribution in [0.3, 0.4) is 0 Å². The number of sulfonamides is 1. The molecule has 33 heavy (non-hydrogen) atoms. The van der Waals surface area contributed by atoms with Crippen LogP contribution in [-0.2, 0) is 10.0 Å². The number of likely N-dealkylation sites (tertiary alicyclic amines) is 1. The van der Waals surface area contributed by atoms with E-state index in [0.717, 1.165) is 38.0 Å². The number of nitrogens with zero attached hydrogens (tertiary/aromatic N) is 1. The van der Waals surface area contributed by atoms with Crippen LogP contribution < -0.4 is 14.8 Å². The predicted octanol–water partition coefficient (Wildman–Crippen LogP) is 2.72. The fourth-order valence-electron chi connectivity index (χ4n) is 5.09. The summed E-state index contributed by atoms with van der Waals surface area (Å²) >= 11 is 0. The van der Waals surface area contributed by atoms with Crippen molar-refractivity contribution < 1.29 is 23.4 Å². The van der Waals surface area contributed by atoms with Gasteiger partial charge in [0.2, 0.25) is 0 Å². The molecule has 0 bridgehead atoms. The number of ether oxygens (including phenoxy) is 1. The molecule has 2 heterocycles. The smallest absolute Gasteiger partial charge is 0.263 e. The Hall–Kier alpha value is -2.33. The van der Waals surface area contributed by atoms with Gasteiger partial charge in [0.15, 0.2) is 6.29 Å². The van der Waals surface area contributed by atoms with Crippen LogP contribution >= 0.6 is 0 Å². The summed E-state index contributed by atoms with van der Waals surface area (Å²) in [6, 6.07) is 10.2. The van der Waals surface area contributed by atoms with Gasteiger partial charge in [0.1, 0.15) is 10.6 Å². The number of nitrogens with one attached hydrogen (secondary N) is 2. The highest BCUT2D eigenvalue weighted by molar-refractivity contribution is 7.92. The van der Waals surface area contributed by atoms with E-state index in [9.17, 15) is 18.6 Å². The Balaban J connectivity index is 1.39. The number of para-hydroxylation sites is 1. The number of aliphatic hydroxyl groups is 2. The second-order valence-electron chi connectivity index (χ2n) is 9.26. The standard InChI is InChI=1S/C24H31N3O5S/c1-2-27-10-9-15(13-27)12-25-19-5-3-4-6-21(19)33(30,31)26-20-8-7-17-18-11-16(18)14-32-23(17)22(20)24(28)29/h3-8,15-16,18,24-26,28-29H,2,9-14H2,1H3. The molecule has 3 aliphatic rings. The van der Waals surface area contributed by atoms with E-state index in [1.54, 1.807) is 30.3 Å². The first-order valence-corrected chi connectivity index (χ1v) is 13.1. The maximum absolute atomic E-state index is 13.4. The number of aliphatic hydroxyl groups excluding tert-OH is 1. The molecule has 1 saturated heterocycles. The molecule has 5 rings (SSSR count). The molecular weight excluding hydrogens is 442 g/mol. The van der Waals surface area contributed by atoms with Gasteiger partial charge < -0.3 is 25.2 Å². The Morgan fingerprint density at radius 2 is 2.00 bits per heavy atom. The lowest BCUT2D eigenvalue weighted by molar-refractivity contribution is -0.0438. The molecule has 3 atom stereocenters. The lowest BCUT2D eigenvalue weighted by atomic mass is 10.00. The zero-order chi connectivity index (χ0) is 23.2. The largest absolute Gasteiger partial charge is 0.492 e. The second-order valence-corrected chi connectivity index (χ2v) is 10.9. The zero-order valence-electron chi connectivity index (χ0n) is 18.7. The molecule has 0 radical (unpaired) electrons. The Labute approximate surface area is 194 Å². The number of fused-ring (bicyclic) bond motifs is 3. The molecule has 3 unspecified atom stereocenters. The average molecular weight is 474 g/mol. The first-order chi connectivity index (χ1) is 15.9. The third-order valence-electron chi connectivity index (χ3n) is 7.07. The highest BCUT2D eigenvalue weighted by atomic mass is 32.2. The van der Waals surface area contributed by atoms with Crippen LogP contribution in [0.1, 0.15) is 43.1 Å². The van der Waals surface area contributed by atoms with Crippen molar-refractivity contribution in [2.45, 2.75) is 36.9 Å². The first kappa shape index (κ1) is 22.5. The van der Waals surface area contributed by atoms with Gasteiger partial charge >= 0.3 is 0 Å². The molecule has 0 aromatic heterocycles. The van der Waals surface area contributed by atoms with Crippen molar-refractivity contribution in [3.63, 3.8) is 0 Å². The average Bonchev–Trinajstić information content (AvgIpc) is 3.46. The van der Waals surface area contributed by atoms with Crippen molar-refractivity contribution in [3.8, 4) is 5.75 Å². The molecule has 2 aromatic carbocycles. The Morgan fingerprint density at radius 3 is 2.76 bits per heavy atom. The van der Waals surface area contributed by atoms with Gasteiger partial charge in [-0.2, -0.15) is 0 Å². The van der Waals surface area contributed by atoms with Crippen LogP contribution in [0.5, 0.6) is 5.75 Å². The summed E-state index contributed by atoms with van der Waals surface area (Å²) in [6.45, 7) is 6.45. The van der Waals surface area contributed by atoms with Gasteiger partial charge in [-0.05, 0) is 61.5 Å². The van der Waals surface area contributed by atoms with Crippen LogP contribution in [0.2, 0.25) is 0 Å². The lowest BCUT2D eigenvalue weighted by Gasteiger charge is -2.24. The minimum Gasteiger partial charge on any atom is -0.492 e.